The average Bonchev–Trinajstić information content (AvgIpc) is 3.01. The number of rotatable bonds is 4. The molecule has 2 unspecified atom stereocenters. The molecular weight excluding hydrogens is 298 g/mol. The van der Waals surface area contributed by atoms with Crippen LogP contribution in [0.3, 0.4) is 0 Å². The van der Waals surface area contributed by atoms with E-state index in [2.05, 4.69) is 56.2 Å². The average molecular weight is 317 g/mol. The van der Waals surface area contributed by atoms with Crippen molar-refractivity contribution in [2.75, 3.05) is 0 Å². The molecular formula is C16H19N3S2. The molecule has 0 radical (unpaired) electrons. The Bertz CT molecular complexity index is 727. The third-order valence-electron chi connectivity index (χ3n) is 3.51. The normalized spacial score (nSPS) is 14.5. The zero-order chi connectivity index (χ0) is 15.0. The van der Waals surface area contributed by atoms with Crippen molar-refractivity contribution in [1.29, 1.82) is 0 Å². The highest BCUT2D eigenvalue weighted by atomic mass is 32.1. The minimum atomic E-state index is 0.235. The number of hydrogen-bond acceptors (Lipinski definition) is 5. The molecule has 1 N–H and O–H groups in total. The molecule has 3 nitrogen and oxygen atoms in total. The van der Waals surface area contributed by atoms with Gasteiger partial charge in [0.2, 0.25) is 0 Å². The van der Waals surface area contributed by atoms with Crippen LogP contribution in [-0.4, -0.2) is 9.97 Å². The fraction of sp³-hybridized carbons (Fsp3) is 0.375. The topological polar surface area (TPSA) is 37.8 Å². The number of aromatic nitrogens is 2. The van der Waals surface area contributed by atoms with Crippen LogP contribution in [-0.2, 0) is 0 Å². The third-order valence-corrected chi connectivity index (χ3v) is 5.99. The van der Waals surface area contributed by atoms with Gasteiger partial charge in [0.25, 0.3) is 0 Å². The number of hydrogen-bond donors (Lipinski definition) is 1. The van der Waals surface area contributed by atoms with Gasteiger partial charge in [0.1, 0.15) is 5.01 Å². The van der Waals surface area contributed by atoms with Gasteiger partial charge in [-0.15, -0.1) is 22.7 Å². The van der Waals surface area contributed by atoms with Crippen LogP contribution in [0.15, 0.2) is 24.3 Å². The number of fused-ring (bicyclic) bond motifs is 1. The lowest BCUT2D eigenvalue weighted by molar-refractivity contribution is 0.497. The Kier molecular flexibility index (Phi) is 4.06. The van der Waals surface area contributed by atoms with Crippen molar-refractivity contribution in [2.45, 2.75) is 39.8 Å². The van der Waals surface area contributed by atoms with Crippen molar-refractivity contribution < 1.29 is 0 Å². The standard InChI is InChI=1S/C16H19N3S2/c1-9(15-10(2)18-12(4)20-15)17-11(3)16-19-13-7-5-6-8-14(13)21-16/h5-9,11,17H,1-4H3. The number of para-hydroxylation sites is 1. The van der Waals surface area contributed by atoms with Crippen LogP contribution < -0.4 is 5.32 Å². The molecule has 0 bridgehead atoms. The molecule has 3 aromatic rings. The van der Waals surface area contributed by atoms with Gasteiger partial charge in [0.15, 0.2) is 0 Å². The maximum Gasteiger partial charge on any atom is 0.111 e. The molecule has 0 spiro atoms. The third kappa shape index (κ3) is 3.00. The van der Waals surface area contributed by atoms with Gasteiger partial charge in [0, 0.05) is 10.9 Å². The smallest absolute Gasteiger partial charge is 0.111 e. The summed E-state index contributed by atoms with van der Waals surface area (Å²) in [7, 11) is 0. The molecule has 0 aliphatic rings. The predicted molar refractivity (Wildman–Crippen MR) is 91.2 cm³/mol. The quantitative estimate of drug-likeness (QED) is 0.752. The van der Waals surface area contributed by atoms with Gasteiger partial charge in [-0.3, -0.25) is 0 Å². The highest BCUT2D eigenvalue weighted by Crippen LogP contribution is 2.30. The van der Waals surface area contributed by atoms with Gasteiger partial charge < -0.3 is 5.32 Å². The van der Waals surface area contributed by atoms with Gasteiger partial charge in [-0.1, -0.05) is 12.1 Å². The van der Waals surface area contributed by atoms with Crippen LogP contribution in [0.25, 0.3) is 10.2 Å². The van der Waals surface area contributed by atoms with E-state index in [0.717, 1.165) is 21.2 Å². The summed E-state index contributed by atoms with van der Waals surface area (Å²) in [6.45, 7) is 8.52. The largest absolute Gasteiger partial charge is 0.301 e. The monoisotopic (exact) mass is 317 g/mol. The molecule has 0 saturated carbocycles. The lowest BCUT2D eigenvalue weighted by Crippen LogP contribution is -2.22. The molecule has 2 aromatic heterocycles. The van der Waals surface area contributed by atoms with Crippen LogP contribution in [0.4, 0.5) is 0 Å². The van der Waals surface area contributed by atoms with Crippen LogP contribution in [0.1, 0.15) is 46.5 Å². The molecule has 0 fully saturated rings. The SMILES string of the molecule is Cc1nc(C)c(C(C)NC(C)c2nc3ccccc3s2)s1. The Hall–Kier alpha value is -1.30. The minimum absolute atomic E-state index is 0.235. The van der Waals surface area contributed by atoms with E-state index in [9.17, 15) is 0 Å². The van der Waals surface area contributed by atoms with Crippen molar-refractivity contribution in [3.63, 3.8) is 0 Å². The molecule has 1 aromatic carbocycles. The van der Waals surface area contributed by atoms with E-state index in [1.807, 2.05) is 6.07 Å². The molecule has 3 rings (SSSR count). The minimum Gasteiger partial charge on any atom is -0.301 e. The second-order valence-corrected chi connectivity index (χ2v) is 7.61. The molecule has 2 atom stereocenters. The summed E-state index contributed by atoms with van der Waals surface area (Å²) in [5, 5.41) is 5.92. The van der Waals surface area contributed by atoms with Gasteiger partial charge in [0.05, 0.1) is 27.0 Å². The number of thiazole rings is 2. The van der Waals surface area contributed by atoms with Crippen LogP contribution in [0.2, 0.25) is 0 Å². The van der Waals surface area contributed by atoms with Gasteiger partial charge in [-0.2, -0.15) is 0 Å². The first-order chi connectivity index (χ1) is 10.0. The highest BCUT2D eigenvalue weighted by molar-refractivity contribution is 7.18. The molecule has 110 valence electrons. The lowest BCUT2D eigenvalue weighted by atomic mass is 10.2. The lowest BCUT2D eigenvalue weighted by Gasteiger charge is -2.17. The first-order valence-electron chi connectivity index (χ1n) is 7.10. The van der Waals surface area contributed by atoms with E-state index in [1.165, 1.54) is 9.58 Å². The van der Waals surface area contributed by atoms with E-state index in [1.54, 1.807) is 22.7 Å². The molecule has 0 aliphatic carbocycles. The second-order valence-electron chi connectivity index (χ2n) is 5.31. The summed E-state index contributed by atoms with van der Waals surface area (Å²) in [6.07, 6.45) is 0. The summed E-state index contributed by atoms with van der Waals surface area (Å²) in [4.78, 5) is 10.6. The number of nitrogens with zero attached hydrogens (tertiary/aromatic N) is 2. The predicted octanol–water partition coefficient (Wildman–Crippen LogP) is 4.78. The first-order valence-corrected chi connectivity index (χ1v) is 8.73. The molecule has 5 heteroatoms. The fourth-order valence-corrected chi connectivity index (χ4v) is 4.46. The molecule has 0 amide bonds. The van der Waals surface area contributed by atoms with Crippen molar-refractivity contribution >= 4 is 32.9 Å². The van der Waals surface area contributed by atoms with E-state index in [-0.39, 0.29) is 6.04 Å². The van der Waals surface area contributed by atoms with Crippen LogP contribution in [0, 0.1) is 13.8 Å². The van der Waals surface area contributed by atoms with Crippen molar-refractivity contribution in [3.05, 3.63) is 44.9 Å². The van der Waals surface area contributed by atoms with Crippen molar-refractivity contribution in [3.8, 4) is 0 Å². The summed E-state index contributed by atoms with van der Waals surface area (Å²) in [5.41, 5.74) is 2.22. The fourth-order valence-electron chi connectivity index (χ4n) is 2.55. The van der Waals surface area contributed by atoms with E-state index >= 15 is 0 Å². The van der Waals surface area contributed by atoms with Crippen LogP contribution >= 0.6 is 22.7 Å². The van der Waals surface area contributed by atoms with E-state index < -0.39 is 0 Å². The Labute approximate surface area is 133 Å². The maximum atomic E-state index is 4.73. The molecule has 0 saturated heterocycles. The Morgan fingerprint density at radius 2 is 1.76 bits per heavy atom. The van der Waals surface area contributed by atoms with Gasteiger partial charge >= 0.3 is 0 Å². The molecule has 21 heavy (non-hydrogen) atoms. The highest BCUT2D eigenvalue weighted by Gasteiger charge is 2.18. The second kappa shape index (κ2) is 5.83. The van der Waals surface area contributed by atoms with Gasteiger partial charge in [-0.05, 0) is 39.8 Å². The van der Waals surface area contributed by atoms with E-state index in [4.69, 9.17) is 4.98 Å². The van der Waals surface area contributed by atoms with Crippen LogP contribution in [0.5, 0.6) is 0 Å². The number of aryl methyl sites for hydroxylation is 2. The summed E-state index contributed by atoms with van der Waals surface area (Å²) in [5.74, 6) is 0. The summed E-state index contributed by atoms with van der Waals surface area (Å²) < 4.78 is 1.25. The Morgan fingerprint density at radius 1 is 1.00 bits per heavy atom. The van der Waals surface area contributed by atoms with Crippen molar-refractivity contribution in [1.82, 2.24) is 15.3 Å². The first kappa shape index (κ1) is 14.6. The van der Waals surface area contributed by atoms with E-state index in [0.29, 0.717) is 6.04 Å². The molecule has 2 heterocycles. The zero-order valence-electron chi connectivity index (χ0n) is 12.7. The summed E-state index contributed by atoms with van der Waals surface area (Å²) in [6, 6.07) is 8.83. The molecule has 0 aliphatic heterocycles. The maximum absolute atomic E-state index is 4.73. The van der Waals surface area contributed by atoms with Gasteiger partial charge in [-0.25, -0.2) is 9.97 Å². The number of benzene rings is 1. The van der Waals surface area contributed by atoms with Crippen molar-refractivity contribution in [2.24, 2.45) is 0 Å². The zero-order valence-corrected chi connectivity index (χ0v) is 14.3. The number of nitrogens with one attached hydrogen (secondary N) is 1. The Balaban J connectivity index is 1.79. The summed E-state index contributed by atoms with van der Waals surface area (Å²) >= 11 is 3.54. The Morgan fingerprint density at radius 3 is 2.43 bits per heavy atom.